The van der Waals surface area contributed by atoms with Crippen LogP contribution in [0.1, 0.15) is 28.4 Å². The van der Waals surface area contributed by atoms with Crippen molar-refractivity contribution >= 4 is 17.4 Å². The van der Waals surface area contributed by atoms with Crippen LogP contribution in [0.15, 0.2) is 71.7 Å². The Morgan fingerprint density at radius 2 is 1.78 bits per heavy atom. The Balaban J connectivity index is 1.52. The van der Waals surface area contributed by atoms with E-state index in [9.17, 15) is 18.0 Å². The first-order valence-electron chi connectivity index (χ1n) is 11.5. The number of carbonyl (C=O) groups excluding carboxylic acids is 1. The summed E-state index contributed by atoms with van der Waals surface area (Å²) in [5.74, 6) is 1.67. The van der Waals surface area contributed by atoms with Crippen molar-refractivity contribution in [2.24, 2.45) is 4.99 Å². The highest BCUT2D eigenvalue weighted by atomic mass is 19.4. The fourth-order valence-corrected chi connectivity index (χ4v) is 4.50. The predicted molar refractivity (Wildman–Crippen MR) is 129 cm³/mol. The molecular formula is C27H24F3N3O3. The van der Waals surface area contributed by atoms with E-state index in [0.29, 0.717) is 48.1 Å². The molecule has 3 aromatic rings. The van der Waals surface area contributed by atoms with Gasteiger partial charge in [-0.25, -0.2) is 4.99 Å². The van der Waals surface area contributed by atoms with E-state index in [1.165, 1.54) is 13.2 Å². The summed E-state index contributed by atoms with van der Waals surface area (Å²) in [5.41, 5.74) is 0.504. The second kappa shape index (κ2) is 9.22. The zero-order valence-corrected chi connectivity index (χ0v) is 19.7. The number of nitrogens with zero attached hydrogens (tertiary/aromatic N) is 3. The average Bonchev–Trinajstić information content (AvgIpc) is 3.04. The molecule has 1 fully saturated rings. The number of piperazine rings is 1. The lowest BCUT2D eigenvalue weighted by Crippen LogP contribution is -2.55. The van der Waals surface area contributed by atoms with Gasteiger partial charge in [0.1, 0.15) is 23.0 Å². The third-order valence-electron chi connectivity index (χ3n) is 6.37. The molecular weight excluding hydrogens is 471 g/mol. The lowest BCUT2D eigenvalue weighted by Gasteiger charge is -2.41. The molecule has 1 amide bonds. The molecule has 2 heterocycles. The predicted octanol–water partition coefficient (Wildman–Crippen LogP) is 5.74. The fraction of sp³-hybridized carbons (Fsp3) is 0.259. The summed E-state index contributed by atoms with van der Waals surface area (Å²) in [6.45, 7) is 3.28. The molecule has 0 spiro atoms. The molecule has 2 aliphatic heterocycles. The third-order valence-corrected chi connectivity index (χ3v) is 6.37. The van der Waals surface area contributed by atoms with E-state index < -0.39 is 11.7 Å². The summed E-state index contributed by atoms with van der Waals surface area (Å²) in [4.78, 5) is 21.5. The Hall–Kier alpha value is -4.01. The van der Waals surface area contributed by atoms with E-state index in [-0.39, 0.29) is 23.4 Å². The van der Waals surface area contributed by atoms with Gasteiger partial charge in [0.2, 0.25) is 0 Å². The number of benzene rings is 3. The molecule has 6 nitrogen and oxygen atoms in total. The second-order valence-electron chi connectivity index (χ2n) is 8.74. The smallest absolute Gasteiger partial charge is 0.416 e. The van der Waals surface area contributed by atoms with Crippen molar-refractivity contribution < 1.29 is 27.4 Å². The monoisotopic (exact) mass is 495 g/mol. The van der Waals surface area contributed by atoms with Crippen LogP contribution in [-0.4, -0.2) is 54.3 Å². The first kappa shape index (κ1) is 23.7. The maximum atomic E-state index is 13.4. The molecule has 1 saturated heterocycles. The van der Waals surface area contributed by atoms with Crippen LogP contribution in [0.25, 0.3) is 0 Å². The Kier molecular flexibility index (Phi) is 6.07. The van der Waals surface area contributed by atoms with Gasteiger partial charge in [0.05, 0.1) is 18.2 Å². The molecule has 1 atom stereocenters. The standard InChI is InChI=1S/C27H24F3N3O3/c1-17-16-32(12-13-33(17)26(34)18-6-4-3-5-7-18)25-21-15-20(35-2)9-11-23(21)36-24-10-8-19(27(28,29)30)14-22(24)31-25/h3-11,14-15,17H,12-13,16H2,1-2H3/t17-/m1/s1. The minimum absolute atomic E-state index is 0.0591. The molecule has 5 rings (SSSR count). The molecule has 0 N–H and O–H groups in total. The number of ether oxygens (including phenoxy) is 2. The molecule has 186 valence electrons. The highest BCUT2D eigenvalue weighted by Gasteiger charge is 2.34. The number of hydrogen-bond donors (Lipinski definition) is 0. The summed E-state index contributed by atoms with van der Waals surface area (Å²) in [6.07, 6.45) is -4.51. The summed E-state index contributed by atoms with van der Waals surface area (Å²) < 4.78 is 51.7. The number of halogens is 3. The minimum Gasteiger partial charge on any atom is -0.497 e. The van der Waals surface area contributed by atoms with Crippen LogP contribution in [0.5, 0.6) is 17.2 Å². The van der Waals surface area contributed by atoms with Gasteiger partial charge in [-0.2, -0.15) is 13.2 Å². The Bertz CT molecular complexity index is 1320. The van der Waals surface area contributed by atoms with Gasteiger partial charge >= 0.3 is 6.18 Å². The Morgan fingerprint density at radius 3 is 2.47 bits per heavy atom. The number of fused-ring (bicyclic) bond motifs is 2. The summed E-state index contributed by atoms with van der Waals surface area (Å²) in [5, 5.41) is 0. The number of methoxy groups -OCH3 is 1. The van der Waals surface area contributed by atoms with Crippen molar-refractivity contribution in [1.82, 2.24) is 9.80 Å². The van der Waals surface area contributed by atoms with Crippen LogP contribution in [0, 0.1) is 0 Å². The summed E-state index contributed by atoms with van der Waals surface area (Å²) in [6, 6.07) is 17.4. The third kappa shape index (κ3) is 4.48. The lowest BCUT2D eigenvalue weighted by atomic mass is 10.1. The highest BCUT2D eigenvalue weighted by Crippen LogP contribution is 2.42. The molecule has 0 saturated carbocycles. The topological polar surface area (TPSA) is 54.4 Å². The summed E-state index contributed by atoms with van der Waals surface area (Å²) in [7, 11) is 1.54. The second-order valence-corrected chi connectivity index (χ2v) is 8.74. The number of rotatable bonds is 2. The van der Waals surface area contributed by atoms with E-state index in [2.05, 4.69) is 4.99 Å². The molecule has 0 radical (unpaired) electrons. The Labute approximate surface area is 206 Å². The van der Waals surface area contributed by atoms with Crippen LogP contribution in [0.3, 0.4) is 0 Å². The molecule has 0 aliphatic carbocycles. The number of aliphatic imine (C=N–C) groups is 1. The molecule has 36 heavy (non-hydrogen) atoms. The van der Waals surface area contributed by atoms with Gasteiger partial charge in [-0.15, -0.1) is 0 Å². The van der Waals surface area contributed by atoms with Gasteiger partial charge in [-0.1, -0.05) is 18.2 Å². The number of alkyl halides is 3. The molecule has 0 aromatic heterocycles. The van der Waals surface area contributed by atoms with Gasteiger partial charge in [0, 0.05) is 31.2 Å². The van der Waals surface area contributed by atoms with Crippen LogP contribution in [0.2, 0.25) is 0 Å². The van der Waals surface area contributed by atoms with Gasteiger partial charge < -0.3 is 19.3 Å². The van der Waals surface area contributed by atoms with Gasteiger partial charge in [-0.05, 0) is 55.5 Å². The minimum atomic E-state index is -4.51. The van der Waals surface area contributed by atoms with Gasteiger partial charge in [0.25, 0.3) is 5.91 Å². The fourth-order valence-electron chi connectivity index (χ4n) is 4.50. The van der Waals surface area contributed by atoms with E-state index in [0.717, 1.165) is 12.1 Å². The number of hydrogen-bond acceptors (Lipinski definition) is 5. The first-order valence-corrected chi connectivity index (χ1v) is 11.5. The van der Waals surface area contributed by atoms with Crippen molar-refractivity contribution in [3.05, 3.63) is 83.4 Å². The SMILES string of the molecule is COc1ccc2c(c1)C(N1CCN(C(=O)c3ccccc3)[C@H](C)C1)=Nc1cc(C(F)(F)F)ccc1O2. The zero-order chi connectivity index (χ0) is 25.4. The molecule has 0 unspecified atom stereocenters. The van der Waals surface area contributed by atoms with Crippen molar-refractivity contribution in [1.29, 1.82) is 0 Å². The molecule has 9 heteroatoms. The normalized spacial score (nSPS) is 17.4. The largest absolute Gasteiger partial charge is 0.497 e. The van der Waals surface area contributed by atoms with Crippen molar-refractivity contribution in [3.63, 3.8) is 0 Å². The van der Waals surface area contributed by atoms with Crippen LogP contribution >= 0.6 is 0 Å². The maximum absolute atomic E-state index is 13.4. The van der Waals surface area contributed by atoms with Crippen LogP contribution in [-0.2, 0) is 6.18 Å². The van der Waals surface area contributed by atoms with E-state index in [1.54, 1.807) is 30.3 Å². The van der Waals surface area contributed by atoms with E-state index in [1.807, 2.05) is 34.9 Å². The Morgan fingerprint density at radius 1 is 1.03 bits per heavy atom. The highest BCUT2D eigenvalue weighted by molar-refractivity contribution is 6.04. The number of amides is 1. The summed E-state index contributed by atoms with van der Waals surface area (Å²) >= 11 is 0. The van der Waals surface area contributed by atoms with Crippen LogP contribution < -0.4 is 9.47 Å². The number of carbonyl (C=O) groups is 1. The molecule has 2 aliphatic rings. The first-order chi connectivity index (χ1) is 17.2. The van der Waals surface area contributed by atoms with Crippen molar-refractivity contribution in [3.8, 4) is 17.2 Å². The van der Waals surface area contributed by atoms with E-state index in [4.69, 9.17) is 9.47 Å². The average molecular weight is 496 g/mol. The van der Waals surface area contributed by atoms with E-state index >= 15 is 0 Å². The maximum Gasteiger partial charge on any atom is 0.416 e. The quantitative estimate of drug-likeness (QED) is 0.455. The van der Waals surface area contributed by atoms with Crippen LogP contribution in [0.4, 0.5) is 18.9 Å². The van der Waals surface area contributed by atoms with Gasteiger partial charge in [0.15, 0.2) is 5.75 Å². The molecule has 3 aromatic carbocycles. The molecule has 0 bridgehead atoms. The lowest BCUT2D eigenvalue weighted by molar-refractivity contribution is -0.137. The zero-order valence-electron chi connectivity index (χ0n) is 19.7. The van der Waals surface area contributed by atoms with Crippen molar-refractivity contribution in [2.75, 3.05) is 26.7 Å². The van der Waals surface area contributed by atoms with Crippen molar-refractivity contribution in [2.45, 2.75) is 19.1 Å². The number of amidine groups is 1. The van der Waals surface area contributed by atoms with Gasteiger partial charge in [-0.3, -0.25) is 4.79 Å².